The molecule has 0 saturated carbocycles. The smallest absolute Gasteiger partial charge is 0.170 e. The van der Waals surface area contributed by atoms with Gasteiger partial charge in [-0.15, -0.1) is 0 Å². The molecule has 1 aromatic heterocycles. The number of benzene rings is 1. The number of ether oxygens (including phenoxy) is 1. The van der Waals surface area contributed by atoms with Crippen LogP contribution in [0.3, 0.4) is 0 Å². The van der Waals surface area contributed by atoms with Gasteiger partial charge in [0.25, 0.3) is 0 Å². The van der Waals surface area contributed by atoms with Gasteiger partial charge in [0.05, 0.1) is 17.9 Å². The number of hydrogen-bond acceptors (Lipinski definition) is 4. The van der Waals surface area contributed by atoms with Crippen molar-refractivity contribution in [3.05, 3.63) is 41.1 Å². The third-order valence-electron chi connectivity index (χ3n) is 2.86. The normalized spacial score (nSPS) is 11.0. The van der Waals surface area contributed by atoms with E-state index in [1.54, 1.807) is 13.2 Å². The van der Waals surface area contributed by atoms with E-state index in [-0.39, 0.29) is 16.9 Å². The number of methoxy groups -OCH3 is 1. The fourth-order valence-electron chi connectivity index (χ4n) is 1.75. The van der Waals surface area contributed by atoms with Crippen LogP contribution < -0.4 is 5.32 Å². The fourth-order valence-corrected chi connectivity index (χ4v) is 1.75. The van der Waals surface area contributed by atoms with Crippen LogP contribution in [-0.2, 0) is 11.3 Å². The lowest BCUT2D eigenvalue weighted by molar-refractivity contribution is 0.199. The average Bonchev–Trinajstić information content (AvgIpc) is 2.87. The van der Waals surface area contributed by atoms with Crippen molar-refractivity contribution < 1.29 is 18.0 Å². The molecule has 1 heterocycles. The number of rotatable bonds is 6. The first-order valence-electron chi connectivity index (χ1n) is 6.23. The zero-order valence-corrected chi connectivity index (χ0v) is 11.4. The molecule has 0 saturated heterocycles. The summed E-state index contributed by atoms with van der Waals surface area (Å²) in [5.74, 6) is -0.790. The van der Waals surface area contributed by atoms with Crippen molar-refractivity contribution in [2.24, 2.45) is 0 Å². The number of aryl methyl sites for hydroxylation is 1. The molecule has 0 aliphatic carbocycles. The Morgan fingerprint density at radius 2 is 2.05 bits per heavy atom. The molecule has 2 rings (SSSR count). The molecule has 6 heteroatoms. The summed E-state index contributed by atoms with van der Waals surface area (Å²) in [5, 5.41) is 6.90. The van der Waals surface area contributed by atoms with E-state index in [4.69, 9.17) is 9.26 Å². The van der Waals surface area contributed by atoms with E-state index in [0.717, 1.165) is 12.1 Å². The summed E-state index contributed by atoms with van der Waals surface area (Å²) in [6, 6.07) is 3.85. The molecule has 0 radical (unpaired) electrons. The van der Waals surface area contributed by atoms with E-state index in [1.807, 2.05) is 0 Å². The molecular formula is C14H16F2N2O2. The Bertz CT molecular complexity index is 585. The van der Waals surface area contributed by atoms with Gasteiger partial charge >= 0.3 is 0 Å². The Balaban J connectivity index is 2.10. The van der Waals surface area contributed by atoms with Gasteiger partial charge in [-0.05, 0) is 24.6 Å². The molecule has 0 aliphatic heterocycles. The molecular weight excluding hydrogens is 266 g/mol. The molecule has 0 bridgehead atoms. The van der Waals surface area contributed by atoms with E-state index in [2.05, 4.69) is 10.5 Å². The number of nitrogens with one attached hydrogen (secondary N) is 1. The molecule has 0 aliphatic rings. The van der Waals surface area contributed by atoms with Gasteiger partial charge in [-0.1, -0.05) is 5.16 Å². The molecule has 2 aromatic rings. The lowest BCUT2D eigenvalue weighted by Crippen LogP contribution is -2.18. The second-order valence-electron chi connectivity index (χ2n) is 4.43. The Morgan fingerprint density at radius 3 is 2.80 bits per heavy atom. The van der Waals surface area contributed by atoms with Gasteiger partial charge < -0.3 is 14.6 Å². The standard InChI is InChI=1S/C14H16F2N2O2/c1-9-5-13(16)11(7-12(9)15)14-6-10(18-20-14)8-17-3-4-19-2/h5-7,17H,3-4,8H2,1-2H3. The monoisotopic (exact) mass is 282 g/mol. The molecule has 4 nitrogen and oxygen atoms in total. The fraction of sp³-hybridized carbons (Fsp3) is 0.357. The van der Waals surface area contributed by atoms with Crippen molar-refractivity contribution in [3.63, 3.8) is 0 Å². The number of nitrogens with zero attached hydrogens (tertiary/aromatic N) is 1. The first kappa shape index (κ1) is 14.6. The number of aromatic nitrogens is 1. The lowest BCUT2D eigenvalue weighted by atomic mass is 10.1. The van der Waals surface area contributed by atoms with Crippen LogP contribution in [0.5, 0.6) is 0 Å². The summed E-state index contributed by atoms with van der Waals surface area (Å²) in [6.07, 6.45) is 0. The SMILES string of the molecule is COCCNCc1cc(-c2cc(F)c(C)cc2F)on1. The summed E-state index contributed by atoms with van der Waals surface area (Å²) in [4.78, 5) is 0. The van der Waals surface area contributed by atoms with Crippen molar-refractivity contribution in [2.45, 2.75) is 13.5 Å². The maximum Gasteiger partial charge on any atom is 0.170 e. The molecule has 20 heavy (non-hydrogen) atoms. The Morgan fingerprint density at radius 1 is 1.25 bits per heavy atom. The van der Waals surface area contributed by atoms with Gasteiger partial charge in [0.2, 0.25) is 0 Å². The molecule has 0 spiro atoms. The van der Waals surface area contributed by atoms with Crippen LogP contribution in [0.15, 0.2) is 22.7 Å². The van der Waals surface area contributed by atoms with Crippen molar-refractivity contribution >= 4 is 0 Å². The van der Waals surface area contributed by atoms with Crippen molar-refractivity contribution in [1.29, 1.82) is 0 Å². The summed E-state index contributed by atoms with van der Waals surface area (Å²) in [5.41, 5.74) is 0.951. The number of halogens is 2. The minimum atomic E-state index is -0.529. The van der Waals surface area contributed by atoms with Crippen molar-refractivity contribution in [3.8, 4) is 11.3 Å². The largest absolute Gasteiger partial charge is 0.383 e. The molecule has 0 atom stereocenters. The molecule has 108 valence electrons. The van der Waals surface area contributed by atoms with Crippen LogP contribution in [-0.4, -0.2) is 25.4 Å². The zero-order valence-electron chi connectivity index (χ0n) is 11.4. The third-order valence-corrected chi connectivity index (χ3v) is 2.86. The second-order valence-corrected chi connectivity index (χ2v) is 4.43. The second kappa shape index (κ2) is 6.58. The quantitative estimate of drug-likeness (QED) is 0.827. The Kier molecular flexibility index (Phi) is 4.81. The van der Waals surface area contributed by atoms with Gasteiger partial charge in [-0.25, -0.2) is 8.78 Å². The van der Waals surface area contributed by atoms with Gasteiger partial charge in [-0.3, -0.25) is 0 Å². The minimum absolute atomic E-state index is 0.0729. The lowest BCUT2D eigenvalue weighted by Gasteiger charge is -2.01. The van der Waals surface area contributed by atoms with E-state index in [1.165, 1.54) is 6.92 Å². The van der Waals surface area contributed by atoms with Crippen molar-refractivity contribution in [2.75, 3.05) is 20.3 Å². The van der Waals surface area contributed by atoms with E-state index >= 15 is 0 Å². The molecule has 0 amide bonds. The van der Waals surface area contributed by atoms with Crippen LogP contribution in [0.2, 0.25) is 0 Å². The predicted molar refractivity (Wildman–Crippen MR) is 70.2 cm³/mol. The Labute approximate surface area is 115 Å². The van der Waals surface area contributed by atoms with Crippen LogP contribution in [0.25, 0.3) is 11.3 Å². The summed E-state index contributed by atoms with van der Waals surface area (Å²) < 4.78 is 37.2. The van der Waals surface area contributed by atoms with E-state index in [0.29, 0.717) is 25.4 Å². The van der Waals surface area contributed by atoms with E-state index < -0.39 is 11.6 Å². The van der Waals surface area contributed by atoms with E-state index in [9.17, 15) is 8.78 Å². The molecule has 0 unspecified atom stereocenters. The first-order chi connectivity index (χ1) is 9.61. The van der Waals surface area contributed by atoms with Gasteiger partial charge in [-0.2, -0.15) is 0 Å². The zero-order chi connectivity index (χ0) is 14.5. The number of hydrogen-bond donors (Lipinski definition) is 1. The highest BCUT2D eigenvalue weighted by molar-refractivity contribution is 5.59. The van der Waals surface area contributed by atoms with Gasteiger partial charge in [0.15, 0.2) is 5.76 Å². The van der Waals surface area contributed by atoms with Gasteiger partial charge in [0.1, 0.15) is 11.6 Å². The highest BCUT2D eigenvalue weighted by Crippen LogP contribution is 2.26. The van der Waals surface area contributed by atoms with Crippen LogP contribution in [0, 0.1) is 18.6 Å². The van der Waals surface area contributed by atoms with Crippen LogP contribution >= 0.6 is 0 Å². The topological polar surface area (TPSA) is 47.3 Å². The molecule has 1 N–H and O–H groups in total. The summed E-state index contributed by atoms with van der Waals surface area (Å²) >= 11 is 0. The maximum atomic E-state index is 13.8. The predicted octanol–water partition coefficient (Wildman–Crippen LogP) is 2.66. The highest BCUT2D eigenvalue weighted by atomic mass is 19.1. The van der Waals surface area contributed by atoms with Crippen LogP contribution in [0.4, 0.5) is 8.78 Å². The first-order valence-corrected chi connectivity index (χ1v) is 6.23. The van der Waals surface area contributed by atoms with Gasteiger partial charge in [0, 0.05) is 26.3 Å². The summed E-state index contributed by atoms with van der Waals surface area (Å²) in [7, 11) is 1.62. The average molecular weight is 282 g/mol. The highest BCUT2D eigenvalue weighted by Gasteiger charge is 2.14. The third kappa shape index (κ3) is 3.40. The Hall–Kier alpha value is -1.79. The minimum Gasteiger partial charge on any atom is -0.383 e. The maximum absolute atomic E-state index is 13.8. The molecule has 1 aromatic carbocycles. The molecule has 0 fully saturated rings. The van der Waals surface area contributed by atoms with Crippen LogP contribution in [0.1, 0.15) is 11.3 Å². The van der Waals surface area contributed by atoms with Crippen molar-refractivity contribution in [1.82, 2.24) is 10.5 Å². The summed E-state index contributed by atoms with van der Waals surface area (Å²) in [6.45, 7) is 3.24.